The van der Waals surface area contributed by atoms with Crippen LogP contribution in [0.1, 0.15) is 47.1 Å². The molecule has 0 saturated carbocycles. The predicted octanol–water partition coefficient (Wildman–Crippen LogP) is 4.78. The van der Waals surface area contributed by atoms with Gasteiger partial charge in [0.1, 0.15) is 73.2 Å². The molecule has 7 rings (SSSR count). The molecular weight excluding hydrogens is 878 g/mol. The maximum absolute atomic E-state index is 13.1. The summed E-state index contributed by atoms with van der Waals surface area (Å²) in [5.41, 5.74) is 1.26. The molecule has 274 valence electrons. The van der Waals surface area contributed by atoms with Gasteiger partial charge in [-0.25, -0.2) is 4.79 Å². The lowest BCUT2D eigenvalue weighted by Crippen LogP contribution is -2.58. The van der Waals surface area contributed by atoms with E-state index in [1.807, 2.05) is 70.2 Å². The molecule has 1 N–H and O–H groups in total. The van der Waals surface area contributed by atoms with Crippen LogP contribution in [0.15, 0.2) is 61.3 Å². The van der Waals surface area contributed by atoms with Gasteiger partial charge >= 0.3 is 5.97 Å². The third kappa shape index (κ3) is 7.38. The molecule has 1 aromatic carbocycles. The second-order valence-corrected chi connectivity index (χ2v) is 17.2. The van der Waals surface area contributed by atoms with Gasteiger partial charge in [0.15, 0.2) is 17.4 Å². The second kappa shape index (κ2) is 14.0. The number of halogens is 2. The molecule has 0 radical (unpaired) electrons. The number of aliphatic hydroxyl groups is 1. The summed E-state index contributed by atoms with van der Waals surface area (Å²) in [6.07, 6.45) is -2.75. The van der Waals surface area contributed by atoms with Gasteiger partial charge in [0.25, 0.3) is 0 Å². The molecule has 0 bridgehead atoms. The van der Waals surface area contributed by atoms with Gasteiger partial charge in [-0.1, -0.05) is 30.3 Å². The van der Waals surface area contributed by atoms with Crippen LogP contribution in [-0.2, 0) is 58.8 Å². The maximum Gasteiger partial charge on any atom is 0.336 e. The highest BCUT2D eigenvalue weighted by molar-refractivity contribution is 14.1. The molecule has 1 aromatic rings. The molecular formula is C36H44I2O12. The Balaban J connectivity index is 1.24. The van der Waals surface area contributed by atoms with Gasteiger partial charge in [-0.2, -0.15) is 0 Å². The van der Waals surface area contributed by atoms with E-state index < -0.39 is 96.6 Å². The number of carbonyl (C=O) groups is 1. The van der Waals surface area contributed by atoms with E-state index in [9.17, 15) is 9.90 Å². The Bertz CT molecular complexity index is 1540. The number of fused-ring (bicyclic) bond motifs is 3. The minimum absolute atomic E-state index is 0.254. The molecule has 0 spiro atoms. The summed E-state index contributed by atoms with van der Waals surface area (Å²) in [6, 6.07) is 9.75. The van der Waals surface area contributed by atoms with Crippen molar-refractivity contribution < 1.29 is 57.3 Å². The van der Waals surface area contributed by atoms with Crippen molar-refractivity contribution in [1.29, 1.82) is 0 Å². The quantitative estimate of drug-likeness (QED) is 0.285. The minimum atomic E-state index is -1.03. The van der Waals surface area contributed by atoms with Crippen molar-refractivity contribution in [1.82, 2.24) is 0 Å². The highest BCUT2D eigenvalue weighted by atomic mass is 127. The summed E-state index contributed by atoms with van der Waals surface area (Å²) in [5.74, 6) is -3.31. The molecule has 6 aliphatic rings. The lowest BCUT2D eigenvalue weighted by atomic mass is 9.88. The average Bonchev–Trinajstić information content (AvgIpc) is 3.69. The van der Waals surface area contributed by atoms with Crippen LogP contribution in [0.25, 0.3) is 0 Å². The normalized spacial score (nSPS) is 41.0. The van der Waals surface area contributed by atoms with Crippen molar-refractivity contribution in [3.8, 4) is 0 Å². The van der Waals surface area contributed by atoms with Crippen LogP contribution in [0, 0.1) is 0 Å². The van der Waals surface area contributed by atoms with E-state index in [4.69, 9.17) is 47.4 Å². The van der Waals surface area contributed by atoms with E-state index >= 15 is 0 Å². The van der Waals surface area contributed by atoms with Gasteiger partial charge in [0.2, 0.25) is 0 Å². The lowest BCUT2D eigenvalue weighted by molar-refractivity contribution is -0.220. The smallest absolute Gasteiger partial charge is 0.336 e. The molecule has 9 unspecified atom stereocenters. The van der Waals surface area contributed by atoms with Gasteiger partial charge in [0.05, 0.1) is 19.3 Å². The third-order valence-corrected chi connectivity index (χ3v) is 11.5. The first-order chi connectivity index (χ1) is 23.5. The molecule has 0 aromatic heterocycles. The van der Waals surface area contributed by atoms with E-state index in [1.165, 1.54) is 7.11 Å². The molecule has 3 saturated heterocycles. The van der Waals surface area contributed by atoms with E-state index in [0.717, 1.165) is 12.7 Å². The molecule has 50 heavy (non-hydrogen) atoms. The summed E-state index contributed by atoms with van der Waals surface area (Å²) in [6.45, 7) is 11.2. The van der Waals surface area contributed by atoms with Crippen LogP contribution in [0.2, 0.25) is 0 Å². The first-order valence-electron chi connectivity index (χ1n) is 16.8. The molecule has 0 amide bonds. The Morgan fingerprint density at radius 3 is 1.82 bits per heavy atom. The van der Waals surface area contributed by atoms with Gasteiger partial charge in [-0.05, 0) is 111 Å². The van der Waals surface area contributed by atoms with Crippen molar-refractivity contribution in [3.63, 3.8) is 0 Å². The molecule has 3 aliphatic carbocycles. The van der Waals surface area contributed by atoms with Gasteiger partial charge in [0, 0.05) is 7.16 Å². The lowest BCUT2D eigenvalue weighted by Gasteiger charge is -2.43. The summed E-state index contributed by atoms with van der Waals surface area (Å²) in [5, 5.41) is 11.6. The molecule has 14 heteroatoms. The van der Waals surface area contributed by atoms with Gasteiger partial charge < -0.3 is 52.5 Å². The van der Waals surface area contributed by atoms with Crippen molar-refractivity contribution in [2.75, 3.05) is 7.11 Å². The zero-order chi connectivity index (χ0) is 35.7. The van der Waals surface area contributed by atoms with Crippen LogP contribution in [0.3, 0.4) is 0 Å². The Hall–Kier alpha value is -1.03. The fourth-order valence-electron chi connectivity index (χ4n) is 7.51. The van der Waals surface area contributed by atoms with Crippen molar-refractivity contribution in [2.45, 2.75) is 139 Å². The number of hydrogen-bond donors (Lipinski definition) is 1. The molecule has 3 fully saturated rings. The highest BCUT2D eigenvalue weighted by Crippen LogP contribution is 2.46. The van der Waals surface area contributed by atoms with Crippen LogP contribution < -0.4 is 0 Å². The highest BCUT2D eigenvalue weighted by Gasteiger charge is 2.58. The molecule has 3 heterocycles. The van der Waals surface area contributed by atoms with Crippen LogP contribution in [0.4, 0.5) is 0 Å². The first-order valence-corrected chi connectivity index (χ1v) is 19.0. The zero-order valence-corrected chi connectivity index (χ0v) is 33.3. The third-order valence-electron chi connectivity index (χ3n) is 9.53. The number of rotatable bonds is 8. The standard InChI is InChI=1S/C36H44I2O12/c1-34(2)45-25-18(33(40)41-7)13-22(42-16-17-11-9-8-10-12-17)28(31(25)49-34)44-23-15-20(38)27-32(50-36(5,6)47-27)29(23)43-21-14-19(37)26-30(24(21)39)48-35(3,4)46-26/h8-15,21-32,39H,16H2,1-7H3/t21?,22?,23?,24-,25?,26?,27?,28-,29-,30?,31?,32?/m1/s1. The van der Waals surface area contributed by atoms with Crippen molar-refractivity contribution in [2.24, 2.45) is 0 Å². The first kappa shape index (κ1) is 37.3. The average molecular weight is 923 g/mol. The maximum atomic E-state index is 13.1. The topological polar surface area (TPSA) is 130 Å². The Labute approximate surface area is 319 Å². The van der Waals surface area contributed by atoms with Gasteiger partial charge in [-0.15, -0.1) is 0 Å². The number of aliphatic hydroxyl groups excluding tert-OH is 1. The molecule has 3 aliphatic heterocycles. The fraction of sp³-hybridized carbons (Fsp3) is 0.639. The summed E-state index contributed by atoms with van der Waals surface area (Å²) in [4.78, 5) is 13.1. The number of esters is 1. The van der Waals surface area contributed by atoms with E-state index in [-0.39, 0.29) is 6.61 Å². The second-order valence-electron chi connectivity index (χ2n) is 14.7. The Kier molecular flexibility index (Phi) is 10.4. The van der Waals surface area contributed by atoms with Crippen LogP contribution >= 0.6 is 45.2 Å². The van der Waals surface area contributed by atoms with Crippen LogP contribution in [0.5, 0.6) is 0 Å². The molecule has 12 atom stereocenters. The van der Waals surface area contributed by atoms with Crippen LogP contribution in [-0.4, -0.2) is 109 Å². The zero-order valence-electron chi connectivity index (χ0n) is 28.9. The fourth-order valence-corrected chi connectivity index (χ4v) is 9.18. The van der Waals surface area contributed by atoms with Gasteiger partial charge in [-0.3, -0.25) is 0 Å². The number of ether oxygens (including phenoxy) is 10. The van der Waals surface area contributed by atoms with Crippen molar-refractivity contribution in [3.05, 3.63) is 66.9 Å². The van der Waals surface area contributed by atoms with E-state index in [0.29, 0.717) is 5.57 Å². The van der Waals surface area contributed by atoms with E-state index in [1.54, 1.807) is 19.9 Å². The number of methoxy groups -OCH3 is 1. The minimum Gasteiger partial charge on any atom is -0.466 e. The summed E-state index contributed by atoms with van der Waals surface area (Å²) in [7, 11) is 1.33. The summed E-state index contributed by atoms with van der Waals surface area (Å²) >= 11 is 4.48. The monoisotopic (exact) mass is 922 g/mol. The Morgan fingerprint density at radius 2 is 1.20 bits per heavy atom. The molecule has 12 nitrogen and oxygen atoms in total. The number of benzene rings is 1. The SMILES string of the molecule is COC(=O)C1=CC(OCc2ccccc2)[C@@H](OC2C=C(I)C3OC(C)(C)OC3[C@@H]2OC2C=C(I)C3OC(C)(C)OC3[C@@H]2O)C2OC(C)(C)OC12. The summed E-state index contributed by atoms with van der Waals surface area (Å²) < 4.78 is 65.1. The number of carbonyl (C=O) groups excluding carboxylic acids is 1. The number of hydrogen-bond acceptors (Lipinski definition) is 12. The van der Waals surface area contributed by atoms with Crippen molar-refractivity contribution >= 4 is 51.2 Å². The predicted molar refractivity (Wildman–Crippen MR) is 194 cm³/mol. The largest absolute Gasteiger partial charge is 0.466 e. The van der Waals surface area contributed by atoms with E-state index in [2.05, 4.69) is 45.2 Å². The Morgan fingerprint density at radius 1 is 0.700 bits per heavy atom.